The predicted molar refractivity (Wildman–Crippen MR) is 70.6 cm³/mol. The van der Waals surface area contributed by atoms with Gasteiger partial charge >= 0.3 is 0 Å². The smallest absolute Gasteiger partial charge is 0.148 e. The second kappa shape index (κ2) is 4.41. The molecular weight excluding hydrogens is 251 g/mol. The predicted octanol–water partition coefficient (Wildman–Crippen LogP) is 3.61. The van der Waals surface area contributed by atoms with Gasteiger partial charge < -0.3 is 10.3 Å². The van der Waals surface area contributed by atoms with Gasteiger partial charge in [-0.3, -0.25) is 0 Å². The average molecular weight is 265 g/mol. The number of hydrogen-bond donors (Lipinski definition) is 1. The minimum Gasteiger partial charge on any atom is -0.324 e. The summed E-state index contributed by atoms with van der Waals surface area (Å²) in [6, 6.07) is 6.77. The van der Waals surface area contributed by atoms with Crippen LogP contribution in [0, 0.1) is 5.82 Å². The molecule has 2 N–H and O–H groups in total. The van der Waals surface area contributed by atoms with Gasteiger partial charge in [-0.2, -0.15) is 0 Å². The highest BCUT2D eigenvalue weighted by molar-refractivity contribution is 6.32. The van der Waals surface area contributed by atoms with Gasteiger partial charge in [0, 0.05) is 17.9 Å². The molecule has 4 heteroatoms. The molecule has 0 aliphatic heterocycles. The maximum absolute atomic E-state index is 13.9. The van der Waals surface area contributed by atoms with E-state index in [1.807, 2.05) is 16.8 Å². The van der Waals surface area contributed by atoms with Crippen molar-refractivity contribution in [3.8, 4) is 5.69 Å². The minimum absolute atomic E-state index is 0.0561. The Bertz CT molecular complexity index is 571. The summed E-state index contributed by atoms with van der Waals surface area (Å²) in [4.78, 5) is 0. The molecule has 1 aliphatic rings. The molecule has 2 aromatic rings. The summed E-state index contributed by atoms with van der Waals surface area (Å²) < 4.78 is 15.8. The highest BCUT2D eigenvalue weighted by Gasteiger charge is 2.22. The highest BCUT2D eigenvalue weighted by atomic mass is 35.5. The van der Waals surface area contributed by atoms with Crippen molar-refractivity contribution in [1.82, 2.24) is 4.57 Å². The quantitative estimate of drug-likeness (QED) is 0.838. The lowest BCUT2D eigenvalue weighted by Crippen LogP contribution is -2.18. The number of aromatic nitrogens is 1. The Morgan fingerprint density at radius 2 is 2.17 bits per heavy atom. The normalized spacial score (nSPS) is 18.7. The summed E-state index contributed by atoms with van der Waals surface area (Å²) in [5.74, 6) is -0.306. The molecule has 0 spiro atoms. The van der Waals surface area contributed by atoms with Crippen molar-refractivity contribution in [3.05, 3.63) is 52.6 Å². The molecule has 0 saturated carbocycles. The second-order valence-corrected chi connectivity index (χ2v) is 5.06. The van der Waals surface area contributed by atoms with E-state index in [1.54, 1.807) is 12.1 Å². The molecule has 0 bridgehead atoms. The van der Waals surface area contributed by atoms with Crippen molar-refractivity contribution in [3.63, 3.8) is 0 Å². The first-order chi connectivity index (χ1) is 8.68. The van der Waals surface area contributed by atoms with Gasteiger partial charge in [-0.05, 0) is 43.0 Å². The van der Waals surface area contributed by atoms with Crippen LogP contribution in [0.5, 0.6) is 0 Å². The van der Waals surface area contributed by atoms with E-state index in [2.05, 4.69) is 0 Å². The van der Waals surface area contributed by atoms with Gasteiger partial charge in [-0.15, -0.1) is 0 Å². The first kappa shape index (κ1) is 11.8. The molecule has 2 nitrogen and oxygen atoms in total. The largest absolute Gasteiger partial charge is 0.324 e. The van der Waals surface area contributed by atoms with Crippen LogP contribution in [0.1, 0.15) is 30.1 Å². The number of fused-ring (bicyclic) bond motifs is 1. The van der Waals surface area contributed by atoms with Crippen LogP contribution in [0.15, 0.2) is 30.5 Å². The zero-order valence-electron chi connectivity index (χ0n) is 9.87. The molecule has 0 amide bonds. The van der Waals surface area contributed by atoms with E-state index in [9.17, 15) is 4.39 Å². The third kappa shape index (κ3) is 1.74. The fourth-order valence-electron chi connectivity index (χ4n) is 2.66. The van der Waals surface area contributed by atoms with Crippen LogP contribution in [-0.4, -0.2) is 4.57 Å². The van der Waals surface area contributed by atoms with Gasteiger partial charge in [0.05, 0.1) is 5.02 Å². The van der Waals surface area contributed by atoms with Gasteiger partial charge in [0.15, 0.2) is 0 Å². The van der Waals surface area contributed by atoms with Crippen molar-refractivity contribution in [2.45, 2.75) is 25.3 Å². The molecule has 1 aromatic heterocycles. The molecule has 18 heavy (non-hydrogen) atoms. The number of nitrogens with two attached hydrogens (primary N) is 1. The Hall–Kier alpha value is -1.32. The molecule has 1 unspecified atom stereocenters. The van der Waals surface area contributed by atoms with Crippen LogP contribution in [-0.2, 0) is 6.42 Å². The standard InChI is InChI=1S/C14H14ClFN2/c15-10-3-1-4-11(16)14(10)18-8-7-9-12(17)5-2-6-13(9)18/h1,3-4,7-8,12H,2,5-6,17H2. The van der Waals surface area contributed by atoms with Crippen LogP contribution in [0.4, 0.5) is 4.39 Å². The Balaban J connectivity index is 2.19. The SMILES string of the molecule is NC1CCCc2c1ccn2-c1c(F)cccc1Cl. The Morgan fingerprint density at radius 1 is 1.33 bits per heavy atom. The molecule has 1 aliphatic carbocycles. The van der Waals surface area contributed by atoms with Crippen molar-refractivity contribution in [1.29, 1.82) is 0 Å². The van der Waals surface area contributed by atoms with Crippen molar-refractivity contribution < 1.29 is 4.39 Å². The number of benzene rings is 1. The average Bonchev–Trinajstić information content (AvgIpc) is 2.75. The number of para-hydroxylation sites is 1. The first-order valence-corrected chi connectivity index (χ1v) is 6.46. The van der Waals surface area contributed by atoms with Gasteiger partial charge in [-0.1, -0.05) is 17.7 Å². The maximum Gasteiger partial charge on any atom is 0.148 e. The van der Waals surface area contributed by atoms with E-state index in [0.29, 0.717) is 10.7 Å². The zero-order chi connectivity index (χ0) is 12.7. The van der Waals surface area contributed by atoms with Crippen molar-refractivity contribution >= 4 is 11.6 Å². The summed E-state index contributed by atoms with van der Waals surface area (Å²) in [6.07, 6.45) is 4.80. The number of hydrogen-bond acceptors (Lipinski definition) is 1. The van der Waals surface area contributed by atoms with Gasteiger partial charge in [-0.25, -0.2) is 4.39 Å². The van der Waals surface area contributed by atoms with Crippen LogP contribution >= 0.6 is 11.6 Å². The van der Waals surface area contributed by atoms with Crippen LogP contribution < -0.4 is 5.73 Å². The third-order valence-electron chi connectivity index (χ3n) is 3.53. The summed E-state index contributed by atoms with van der Waals surface area (Å²) in [7, 11) is 0. The van der Waals surface area contributed by atoms with Crippen molar-refractivity contribution in [2.24, 2.45) is 5.73 Å². The number of halogens is 2. The lowest BCUT2D eigenvalue weighted by molar-refractivity contribution is 0.555. The Morgan fingerprint density at radius 3 is 2.94 bits per heavy atom. The van der Waals surface area contributed by atoms with E-state index in [0.717, 1.165) is 30.5 Å². The number of nitrogens with zero attached hydrogens (tertiary/aromatic N) is 1. The van der Waals surface area contributed by atoms with Crippen LogP contribution in [0.3, 0.4) is 0 Å². The fourth-order valence-corrected chi connectivity index (χ4v) is 2.91. The van der Waals surface area contributed by atoms with E-state index >= 15 is 0 Å². The molecule has 1 heterocycles. The molecule has 1 aromatic carbocycles. The van der Waals surface area contributed by atoms with E-state index in [4.69, 9.17) is 17.3 Å². The molecule has 94 valence electrons. The fraction of sp³-hybridized carbons (Fsp3) is 0.286. The van der Waals surface area contributed by atoms with E-state index in [-0.39, 0.29) is 11.9 Å². The summed E-state index contributed by atoms with van der Waals surface area (Å²) in [5.41, 5.74) is 8.69. The zero-order valence-corrected chi connectivity index (χ0v) is 10.6. The van der Waals surface area contributed by atoms with E-state index < -0.39 is 0 Å². The lowest BCUT2D eigenvalue weighted by atomic mass is 9.93. The second-order valence-electron chi connectivity index (χ2n) is 4.66. The number of rotatable bonds is 1. The topological polar surface area (TPSA) is 30.9 Å². The van der Waals surface area contributed by atoms with Gasteiger partial charge in [0.25, 0.3) is 0 Å². The molecular formula is C14H14ClFN2. The summed E-state index contributed by atoms with van der Waals surface area (Å²) in [5, 5.41) is 0.424. The molecule has 0 saturated heterocycles. The molecule has 3 rings (SSSR count). The summed E-state index contributed by atoms with van der Waals surface area (Å²) >= 11 is 6.11. The Labute approximate surface area is 110 Å². The van der Waals surface area contributed by atoms with Crippen LogP contribution in [0.25, 0.3) is 5.69 Å². The first-order valence-electron chi connectivity index (χ1n) is 6.08. The van der Waals surface area contributed by atoms with Gasteiger partial charge in [0.1, 0.15) is 11.5 Å². The van der Waals surface area contributed by atoms with Gasteiger partial charge in [0.2, 0.25) is 0 Å². The molecule has 0 radical (unpaired) electrons. The lowest BCUT2D eigenvalue weighted by Gasteiger charge is -2.21. The maximum atomic E-state index is 13.9. The van der Waals surface area contributed by atoms with Crippen molar-refractivity contribution in [2.75, 3.05) is 0 Å². The van der Waals surface area contributed by atoms with Crippen LogP contribution in [0.2, 0.25) is 5.02 Å². The summed E-state index contributed by atoms with van der Waals surface area (Å²) in [6.45, 7) is 0. The van der Waals surface area contributed by atoms with E-state index in [1.165, 1.54) is 6.07 Å². The molecule has 0 fully saturated rings. The minimum atomic E-state index is -0.306. The molecule has 1 atom stereocenters. The highest BCUT2D eigenvalue weighted by Crippen LogP contribution is 2.33. The third-order valence-corrected chi connectivity index (χ3v) is 3.84. The Kier molecular flexibility index (Phi) is 2.88. The monoisotopic (exact) mass is 264 g/mol.